The van der Waals surface area contributed by atoms with Crippen molar-refractivity contribution in [2.45, 2.75) is 138 Å². The number of rotatable bonds is 9. The van der Waals surface area contributed by atoms with Crippen molar-refractivity contribution in [2.75, 3.05) is 20.3 Å². The molecule has 9 nitrogen and oxygen atoms in total. The summed E-state index contributed by atoms with van der Waals surface area (Å²) < 4.78 is 4.94. The molecule has 6 fully saturated rings. The molecule has 0 radical (unpaired) electrons. The lowest BCUT2D eigenvalue weighted by Gasteiger charge is -2.67. The number of nitrogens with one attached hydrogen (secondary N) is 1. The van der Waals surface area contributed by atoms with Crippen LogP contribution in [0, 0.1) is 75.4 Å². The normalized spacial score (nSPS) is 38.3. The number of benzene rings is 1. The van der Waals surface area contributed by atoms with Crippen LogP contribution in [0.25, 0.3) is 0 Å². The lowest BCUT2D eigenvalue weighted by Crippen LogP contribution is -2.60. The number of nitrogens with two attached hydrogens (primary N) is 1. The Morgan fingerprint density at radius 2 is 1.59 bits per heavy atom. The number of fused-ring (bicyclic) bond motifs is 7. The largest absolute Gasteiger partial charge is 0.508 e. The minimum atomic E-state index is -0.768. The van der Waals surface area contributed by atoms with Gasteiger partial charge in [0.05, 0.1) is 5.92 Å². The molecule has 12 atom stereocenters. The second kappa shape index (κ2) is 18.3. The van der Waals surface area contributed by atoms with E-state index in [9.17, 15) is 29.4 Å². The van der Waals surface area contributed by atoms with Crippen molar-refractivity contribution in [2.24, 2.45) is 81.2 Å². The number of aliphatic carboxylic acids is 1. The second-order valence-electron chi connectivity index (χ2n) is 20.4. The first kappa shape index (κ1) is 45.8. The zero-order valence-corrected chi connectivity index (χ0v) is 37.7. The van der Waals surface area contributed by atoms with Crippen molar-refractivity contribution in [3.63, 3.8) is 0 Å². The summed E-state index contributed by atoms with van der Waals surface area (Å²) in [5.74, 6) is 2.12. The summed E-state index contributed by atoms with van der Waals surface area (Å²) in [6.45, 7) is 16.0. The van der Waals surface area contributed by atoms with Crippen LogP contribution in [0.3, 0.4) is 0 Å². The summed E-state index contributed by atoms with van der Waals surface area (Å²) in [5, 5.41) is 23.3. The highest BCUT2D eigenvalue weighted by atomic mass is 35.5. The topological polar surface area (TPSA) is 156 Å². The number of allylic oxidation sites excluding steroid dienone is 2. The molecule has 5 N–H and O–H groups in total. The molecule has 0 bridgehead atoms. The molecular formula is C49H73ClN2O7. The molecule has 1 heterocycles. The van der Waals surface area contributed by atoms with Crippen LogP contribution in [0.4, 0.5) is 0 Å². The molecule has 6 aliphatic carbocycles. The summed E-state index contributed by atoms with van der Waals surface area (Å²) in [7, 11) is 1.50. The molecule has 5 saturated carbocycles. The van der Waals surface area contributed by atoms with Crippen molar-refractivity contribution in [3.05, 3.63) is 39.9 Å². The Kier molecular flexibility index (Phi) is 14.2. The van der Waals surface area contributed by atoms with E-state index in [2.05, 4.69) is 45.7 Å². The number of Topliss-reactive ketones (excluding diaryl/α,β-unsaturated/α-hetero) is 2. The molecule has 1 aromatic carbocycles. The number of hydrogen-bond acceptors (Lipinski definition) is 7. The van der Waals surface area contributed by atoms with Crippen LogP contribution in [0.2, 0.25) is 5.02 Å². The SMILES string of the molecule is C1CCOC1.CC(C)C1=C2C3CCC4C(C)(CCC5C(C)C(CC(=O)C6CC(C(=O)O)C6C)CCC54C)C3CCC2(CC(=O)NCc2ccc(Cl)cc2O)CC1=O.CN. The third-order valence-electron chi connectivity index (χ3n) is 17.3. The van der Waals surface area contributed by atoms with Crippen LogP contribution in [-0.2, 0) is 30.5 Å². The van der Waals surface area contributed by atoms with Gasteiger partial charge in [0.1, 0.15) is 11.5 Å². The van der Waals surface area contributed by atoms with Gasteiger partial charge in [0.25, 0.3) is 0 Å². The lowest BCUT2D eigenvalue weighted by atomic mass is 9.37. The zero-order valence-electron chi connectivity index (χ0n) is 36.9. The Morgan fingerprint density at radius 3 is 2.20 bits per heavy atom. The highest BCUT2D eigenvalue weighted by Crippen LogP contribution is 2.72. The number of carbonyl (C=O) groups excluding carboxylic acids is 3. The summed E-state index contributed by atoms with van der Waals surface area (Å²) in [4.78, 5) is 52.5. The summed E-state index contributed by atoms with van der Waals surface area (Å²) in [6, 6.07) is 4.93. The van der Waals surface area contributed by atoms with E-state index < -0.39 is 11.4 Å². The average Bonchev–Trinajstić information content (AvgIpc) is 3.86. The number of amides is 1. The third kappa shape index (κ3) is 8.56. The lowest BCUT2D eigenvalue weighted by molar-refractivity contribution is -0.173. The Bertz CT molecular complexity index is 1770. The molecule has 1 saturated heterocycles. The first-order valence-electron chi connectivity index (χ1n) is 22.9. The van der Waals surface area contributed by atoms with Crippen LogP contribution < -0.4 is 11.1 Å². The number of carboxylic acid groups (broad SMARTS) is 1. The smallest absolute Gasteiger partial charge is 0.306 e. The quantitative estimate of drug-likeness (QED) is 0.192. The average molecular weight is 838 g/mol. The standard InChI is InChI=1S/C44H60ClNO6.C4H8O.CH5N/c1-23(2)39-36(49)20-44(21-38(50)46-22-27-7-8-28(45)18-34(27)47)16-13-33-29(40(39)44)9-10-37-42(5)14-11-26(24(3)32(42)12-15-43(33,37)6)17-35(48)30-19-31(25(30)4)41(51)52;1-2-4-5-3-1;1-2/h7-8,18,23-26,29-33,37,47H,9-17,19-22H2,1-6H3,(H,46,50)(H,51,52);1-4H2;2H2,1H3. The Labute approximate surface area is 358 Å². The molecule has 8 rings (SSSR count). The van der Waals surface area contributed by atoms with Gasteiger partial charge >= 0.3 is 5.97 Å². The molecule has 1 aliphatic heterocycles. The van der Waals surface area contributed by atoms with Gasteiger partial charge in [-0.2, -0.15) is 0 Å². The van der Waals surface area contributed by atoms with Crippen molar-refractivity contribution in [3.8, 4) is 5.75 Å². The number of carboxylic acids is 1. The van der Waals surface area contributed by atoms with Gasteiger partial charge in [-0.25, -0.2) is 0 Å². The molecule has 1 aromatic rings. The van der Waals surface area contributed by atoms with Gasteiger partial charge in [-0.3, -0.25) is 19.2 Å². The van der Waals surface area contributed by atoms with Crippen molar-refractivity contribution >= 4 is 35.0 Å². The molecule has 1 amide bonds. The van der Waals surface area contributed by atoms with Gasteiger partial charge in [0.15, 0.2) is 5.78 Å². The van der Waals surface area contributed by atoms with E-state index in [1.54, 1.807) is 12.1 Å². The number of aromatic hydroxyl groups is 1. The molecular weight excluding hydrogens is 764 g/mol. The number of phenols is 1. The van der Waals surface area contributed by atoms with Gasteiger partial charge in [0.2, 0.25) is 5.91 Å². The third-order valence-corrected chi connectivity index (χ3v) is 17.6. The minimum absolute atomic E-state index is 0.0614. The monoisotopic (exact) mass is 837 g/mol. The summed E-state index contributed by atoms with van der Waals surface area (Å²) in [5.41, 5.74) is 7.35. The molecule has 59 heavy (non-hydrogen) atoms. The second-order valence-corrected chi connectivity index (χ2v) is 20.9. The van der Waals surface area contributed by atoms with Gasteiger partial charge < -0.3 is 26.0 Å². The first-order valence-corrected chi connectivity index (χ1v) is 23.3. The fourth-order valence-electron chi connectivity index (χ4n) is 14.3. The van der Waals surface area contributed by atoms with E-state index in [4.69, 9.17) is 16.3 Å². The molecule has 7 aliphatic rings. The fourth-order valence-corrected chi connectivity index (χ4v) is 14.5. The number of phenolic OH excluding ortho intramolecular Hbond substituents is 1. The Balaban J connectivity index is 0.000000768. The Hall–Kier alpha value is -2.75. The van der Waals surface area contributed by atoms with Crippen LogP contribution in [-0.4, -0.2) is 53.9 Å². The maximum absolute atomic E-state index is 13.9. The highest BCUT2D eigenvalue weighted by molar-refractivity contribution is 6.30. The fraction of sp³-hybridized carbons (Fsp3) is 0.755. The van der Waals surface area contributed by atoms with Crippen molar-refractivity contribution in [1.29, 1.82) is 0 Å². The van der Waals surface area contributed by atoms with Gasteiger partial charge in [-0.1, -0.05) is 64.8 Å². The molecule has 328 valence electrons. The number of carbonyl (C=O) groups is 4. The van der Waals surface area contributed by atoms with E-state index in [1.807, 2.05) is 6.92 Å². The molecule has 10 heteroatoms. The van der Waals surface area contributed by atoms with Gasteiger partial charge in [-0.15, -0.1) is 0 Å². The van der Waals surface area contributed by atoms with Crippen LogP contribution >= 0.6 is 11.6 Å². The summed E-state index contributed by atoms with van der Waals surface area (Å²) in [6.07, 6.45) is 13.0. The van der Waals surface area contributed by atoms with Crippen molar-refractivity contribution < 1.29 is 34.1 Å². The summed E-state index contributed by atoms with van der Waals surface area (Å²) >= 11 is 6.02. The van der Waals surface area contributed by atoms with E-state index in [0.717, 1.165) is 57.3 Å². The number of hydrogen-bond donors (Lipinski definition) is 4. The van der Waals surface area contributed by atoms with Crippen LogP contribution in [0.15, 0.2) is 29.3 Å². The van der Waals surface area contributed by atoms with Crippen molar-refractivity contribution in [1.82, 2.24) is 5.32 Å². The van der Waals surface area contributed by atoms with E-state index in [-0.39, 0.29) is 64.3 Å². The predicted octanol–water partition coefficient (Wildman–Crippen LogP) is 9.56. The number of ketones is 2. The van der Waals surface area contributed by atoms with E-state index in [0.29, 0.717) is 71.8 Å². The Morgan fingerprint density at radius 1 is 0.932 bits per heavy atom. The maximum Gasteiger partial charge on any atom is 0.306 e. The predicted molar refractivity (Wildman–Crippen MR) is 231 cm³/mol. The molecule has 0 spiro atoms. The maximum atomic E-state index is 13.9. The minimum Gasteiger partial charge on any atom is -0.508 e. The van der Waals surface area contributed by atoms with Crippen LogP contribution in [0.5, 0.6) is 5.75 Å². The number of ether oxygens (including phenoxy) is 1. The first-order chi connectivity index (χ1) is 28.0. The van der Waals surface area contributed by atoms with E-state index >= 15 is 0 Å². The molecule has 12 unspecified atom stereocenters. The number of halogens is 1. The van der Waals surface area contributed by atoms with Crippen LogP contribution in [0.1, 0.15) is 137 Å². The van der Waals surface area contributed by atoms with Gasteiger partial charge in [-0.05, 0) is 154 Å². The van der Waals surface area contributed by atoms with E-state index in [1.165, 1.54) is 44.4 Å². The molecule has 0 aromatic heterocycles. The highest BCUT2D eigenvalue weighted by Gasteiger charge is 2.65. The van der Waals surface area contributed by atoms with Gasteiger partial charge in [0, 0.05) is 60.9 Å². The zero-order chi connectivity index (χ0) is 43.0.